The zero-order valence-electron chi connectivity index (χ0n) is 9.20. The van der Waals surface area contributed by atoms with E-state index in [1.54, 1.807) is 0 Å². The first kappa shape index (κ1) is 11.8. The lowest BCUT2D eigenvalue weighted by molar-refractivity contribution is 0.398. The number of halogens is 1. The lowest BCUT2D eigenvalue weighted by Gasteiger charge is -2.17. The molecule has 0 aliphatic rings. The van der Waals surface area contributed by atoms with Crippen molar-refractivity contribution in [3.8, 4) is 0 Å². The van der Waals surface area contributed by atoms with Gasteiger partial charge < -0.3 is 0 Å². The van der Waals surface area contributed by atoms with E-state index in [2.05, 4.69) is 40.9 Å². The highest BCUT2D eigenvalue weighted by Crippen LogP contribution is 2.19. The second-order valence-electron chi connectivity index (χ2n) is 4.14. The van der Waals surface area contributed by atoms with E-state index in [1.165, 1.54) is 12.1 Å². The van der Waals surface area contributed by atoms with Gasteiger partial charge in [0.05, 0.1) is 0 Å². The third-order valence-electron chi connectivity index (χ3n) is 2.83. The summed E-state index contributed by atoms with van der Waals surface area (Å²) in [5.74, 6) is 1.52. The van der Waals surface area contributed by atoms with E-state index in [-0.39, 0.29) is 0 Å². The van der Waals surface area contributed by atoms with Gasteiger partial charge in [0, 0.05) is 24.3 Å². The lowest BCUT2D eigenvalue weighted by atomic mass is 9.92. The molecule has 1 unspecified atom stereocenters. The Bertz CT molecular complexity index is 268. The van der Waals surface area contributed by atoms with Crippen LogP contribution >= 0.6 is 15.9 Å². The summed E-state index contributed by atoms with van der Waals surface area (Å²) in [5, 5.41) is 5.27. The summed E-state index contributed by atoms with van der Waals surface area (Å²) in [6.07, 6.45) is 4.24. The van der Waals surface area contributed by atoms with Gasteiger partial charge in [-0.1, -0.05) is 29.8 Å². The molecule has 0 aromatic carbocycles. The molecule has 0 saturated carbocycles. The third kappa shape index (κ3) is 3.12. The zero-order chi connectivity index (χ0) is 10.6. The summed E-state index contributed by atoms with van der Waals surface area (Å²) in [5.41, 5.74) is 1.33. The molecule has 80 valence electrons. The van der Waals surface area contributed by atoms with Crippen LogP contribution in [0.1, 0.15) is 26.0 Å². The smallest absolute Gasteiger partial charge is 0.0492 e. The molecule has 1 aromatic rings. The average Bonchev–Trinajstić information content (AvgIpc) is 2.52. The largest absolute Gasteiger partial charge is 0.273 e. The van der Waals surface area contributed by atoms with Crippen LogP contribution in [0.2, 0.25) is 0 Å². The lowest BCUT2D eigenvalue weighted by Crippen LogP contribution is -2.12. The van der Waals surface area contributed by atoms with E-state index in [1.807, 2.05) is 17.9 Å². The molecule has 0 fully saturated rings. The van der Waals surface area contributed by atoms with Gasteiger partial charge in [0.25, 0.3) is 0 Å². The maximum Gasteiger partial charge on any atom is 0.0492 e. The van der Waals surface area contributed by atoms with E-state index in [4.69, 9.17) is 0 Å². The zero-order valence-corrected chi connectivity index (χ0v) is 10.8. The molecule has 0 aliphatic carbocycles. The summed E-state index contributed by atoms with van der Waals surface area (Å²) < 4.78 is 1.96. The predicted octanol–water partition coefficient (Wildman–Crippen LogP) is 3.02. The maximum absolute atomic E-state index is 4.17. The minimum Gasteiger partial charge on any atom is -0.273 e. The molecule has 2 nitrogen and oxygen atoms in total. The molecule has 0 amide bonds. The third-order valence-corrected chi connectivity index (χ3v) is 3.67. The van der Waals surface area contributed by atoms with E-state index in [9.17, 15) is 0 Å². The van der Waals surface area contributed by atoms with Crippen LogP contribution in [0.4, 0.5) is 0 Å². The van der Waals surface area contributed by atoms with E-state index < -0.39 is 0 Å². The second kappa shape index (κ2) is 5.54. The summed E-state index contributed by atoms with van der Waals surface area (Å²) in [7, 11) is 2.01. The Morgan fingerprint density at radius 3 is 2.64 bits per heavy atom. The van der Waals surface area contributed by atoms with Crippen LogP contribution < -0.4 is 0 Å². The van der Waals surface area contributed by atoms with Gasteiger partial charge in [-0.2, -0.15) is 5.10 Å². The Labute approximate surface area is 94.8 Å². The number of rotatable bonds is 5. The van der Waals surface area contributed by atoms with Gasteiger partial charge in [-0.3, -0.25) is 4.68 Å². The Morgan fingerprint density at radius 2 is 2.21 bits per heavy atom. The fourth-order valence-electron chi connectivity index (χ4n) is 1.57. The Morgan fingerprint density at radius 1 is 1.50 bits per heavy atom. The van der Waals surface area contributed by atoms with Crippen molar-refractivity contribution in [2.45, 2.75) is 26.7 Å². The summed E-state index contributed by atoms with van der Waals surface area (Å²) in [6.45, 7) is 4.57. The minimum atomic E-state index is 0.752. The molecular formula is C11H19BrN2. The molecule has 1 heterocycles. The van der Waals surface area contributed by atoms with Crippen molar-refractivity contribution in [1.29, 1.82) is 0 Å². The van der Waals surface area contributed by atoms with E-state index >= 15 is 0 Å². The first-order valence-corrected chi connectivity index (χ1v) is 6.30. The van der Waals surface area contributed by atoms with Crippen molar-refractivity contribution in [1.82, 2.24) is 9.78 Å². The molecule has 0 saturated heterocycles. The first-order chi connectivity index (χ1) is 6.65. The molecule has 0 bridgehead atoms. The molecule has 0 radical (unpaired) electrons. The standard InChI is InChI=1S/C11H19BrN2/c1-9(2)10(8-12)4-5-11-6-7-13-14(11)3/h6-7,9-10H,4-5,8H2,1-3H3. The van der Waals surface area contributed by atoms with Crippen molar-refractivity contribution in [3.63, 3.8) is 0 Å². The number of aromatic nitrogens is 2. The second-order valence-corrected chi connectivity index (χ2v) is 4.79. The molecule has 3 heteroatoms. The van der Waals surface area contributed by atoms with Crippen LogP contribution in [0.25, 0.3) is 0 Å². The molecule has 0 N–H and O–H groups in total. The van der Waals surface area contributed by atoms with Crippen LogP contribution in [0.15, 0.2) is 12.3 Å². The average molecular weight is 259 g/mol. The SMILES string of the molecule is CC(C)C(CBr)CCc1ccnn1C. The van der Waals surface area contributed by atoms with E-state index in [0.29, 0.717) is 0 Å². The number of hydrogen-bond acceptors (Lipinski definition) is 1. The minimum absolute atomic E-state index is 0.752. The normalized spacial score (nSPS) is 13.5. The van der Waals surface area contributed by atoms with Crippen LogP contribution in [0.3, 0.4) is 0 Å². The Balaban J connectivity index is 2.43. The Hall–Kier alpha value is -0.310. The van der Waals surface area contributed by atoms with Crippen LogP contribution in [-0.2, 0) is 13.5 Å². The van der Waals surface area contributed by atoms with Crippen molar-refractivity contribution < 1.29 is 0 Å². The van der Waals surface area contributed by atoms with Crippen molar-refractivity contribution in [3.05, 3.63) is 18.0 Å². The highest BCUT2D eigenvalue weighted by Gasteiger charge is 2.12. The fourth-order valence-corrected chi connectivity index (χ4v) is 2.64. The molecular weight excluding hydrogens is 240 g/mol. The molecule has 0 spiro atoms. The number of aryl methyl sites for hydroxylation is 2. The van der Waals surface area contributed by atoms with E-state index in [0.717, 1.165) is 23.6 Å². The summed E-state index contributed by atoms with van der Waals surface area (Å²) in [6, 6.07) is 2.10. The van der Waals surface area contributed by atoms with Crippen LogP contribution in [-0.4, -0.2) is 15.1 Å². The van der Waals surface area contributed by atoms with Crippen LogP contribution in [0.5, 0.6) is 0 Å². The molecule has 1 aromatic heterocycles. The predicted molar refractivity (Wildman–Crippen MR) is 63.7 cm³/mol. The fraction of sp³-hybridized carbons (Fsp3) is 0.727. The van der Waals surface area contributed by atoms with Crippen LogP contribution in [0, 0.1) is 11.8 Å². The summed E-state index contributed by atoms with van der Waals surface area (Å²) >= 11 is 3.58. The van der Waals surface area contributed by atoms with Gasteiger partial charge in [-0.05, 0) is 30.7 Å². The number of nitrogens with zero attached hydrogens (tertiary/aromatic N) is 2. The number of alkyl halides is 1. The van der Waals surface area contributed by atoms with Gasteiger partial charge in [0.2, 0.25) is 0 Å². The highest BCUT2D eigenvalue weighted by molar-refractivity contribution is 9.09. The first-order valence-electron chi connectivity index (χ1n) is 5.18. The molecule has 1 rings (SSSR count). The summed E-state index contributed by atoms with van der Waals surface area (Å²) in [4.78, 5) is 0. The van der Waals surface area contributed by atoms with Gasteiger partial charge in [0.15, 0.2) is 0 Å². The van der Waals surface area contributed by atoms with Gasteiger partial charge in [-0.25, -0.2) is 0 Å². The van der Waals surface area contributed by atoms with Gasteiger partial charge >= 0.3 is 0 Å². The molecule has 14 heavy (non-hydrogen) atoms. The topological polar surface area (TPSA) is 17.8 Å². The maximum atomic E-state index is 4.17. The number of hydrogen-bond donors (Lipinski definition) is 0. The van der Waals surface area contributed by atoms with Crippen molar-refractivity contribution >= 4 is 15.9 Å². The van der Waals surface area contributed by atoms with Gasteiger partial charge in [0.1, 0.15) is 0 Å². The van der Waals surface area contributed by atoms with Gasteiger partial charge in [-0.15, -0.1) is 0 Å². The van der Waals surface area contributed by atoms with Crippen molar-refractivity contribution in [2.24, 2.45) is 18.9 Å². The quantitative estimate of drug-likeness (QED) is 0.743. The highest BCUT2D eigenvalue weighted by atomic mass is 79.9. The monoisotopic (exact) mass is 258 g/mol. The molecule has 1 atom stereocenters. The Kier molecular flexibility index (Phi) is 4.66. The van der Waals surface area contributed by atoms with Crippen molar-refractivity contribution in [2.75, 3.05) is 5.33 Å². The molecule has 0 aliphatic heterocycles.